The summed E-state index contributed by atoms with van der Waals surface area (Å²) in [5.74, 6) is 0. The summed E-state index contributed by atoms with van der Waals surface area (Å²) in [5.41, 5.74) is 2.47. The minimum Gasteiger partial charge on any atom is -0.373 e. The lowest BCUT2D eigenvalue weighted by Crippen LogP contribution is -2.52. The fourth-order valence-electron chi connectivity index (χ4n) is 2.14. The zero-order chi connectivity index (χ0) is 14.0. The highest BCUT2D eigenvalue weighted by Crippen LogP contribution is 2.18. The quantitative estimate of drug-likeness (QED) is 0.830. The summed E-state index contributed by atoms with van der Waals surface area (Å²) in [5, 5.41) is 1.86. The molecule has 1 aromatic heterocycles. The van der Waals surface area contributed by atoms with E-state index in [2.05, 4.69) is 4.98 Å². The van der Waals surface area contributed by atoms with Crippen molar-refractivity contribution in [2.75, 3.05) is 20.1 Å². The van der Waals surface area contributed by atoms with Gasteiger partial charge in [0.25, 0.3) is 10.2 Å². The summed E-state index contributed by atoms with van der Waals surface area (Å²) in [6.07, 6.45) is -0.155. The van der Waals surface area contributed by atoms with Crippen LogP contribution in [-0.2, 0) is 21.5 Å². The first-order chi connectivity index (χ1) is 8.89. The molecule has 0 spiro atoms. The number of morpholine rings is 1. The molecule has 0 bridgehead atoms. The van der Waals surface area contributed by atoms with Crippen LogP contribution in [0.5, 0.6) is 0 Å². The van der Waals surface area contributed by atoms with E-state index in [1.165, 1.54) is 19.9 Å². The van der Waals surface area contributed by atoms with Gasteiger partial charge in [0.05, 0.1) is 30.0 Å². The summed E-state index contributed by atoms with van der Waals surface area (Å²) in [4.78, 5) is 4.11. The van der Waals surface area contributed by atoms with E-state index in [-0.39, 0.29) is 12.2 Å². The van der Waals surface area contributed by atoms with E-state index >= 15 is 0 Å². The predicted octanol–water partition coefficient (Wildman–Crippen LogP) is 0.929. The first kappa shape index (κ1) is 14.9. The van der Waals surface area contributed by atoms with Crippen LogP contribution in [0.1, 0.15) is 19.5 Å². The van der Waals surface area contributed by atoms with E-state index < -0.39 is 10.2 Å². The molecule has 1 aromatic rings. The molecule has 2 rings (SSSR count). The standard InChI is InChI=1S/C11H19N3O3S2/c1-9-4-14(5-10(2)17-9)19(15,16)13(3)6-11-7-18-8-12-11/h7-10H,4-6H2,1-3H3. The van der Waals surface area contributed by atoms with Gasteiger partial charge in [0.1, 0.15) is 0 Å². The maximum atomic E-state index is 12.5. The third-order valence-electron chi connectivity index (χ3n) is 2.97. The summed E-state index contributed by atoms with van der Waals surface area (Å²) in [7, 11) is -1.87. The molecule has 108 valence electrons. The van der Waals surface area contributed by atoms with Crippen molar-refractivity contribution in [2.45, 2.75) is 32.6 Å². The monoisotopic (exact) mass is 305 g/mol. The molecule has 0 aliphatic carbocycles. The van der Waals surface area contributed by atoms with Crippen LogP contribution in [0, 0.1) is 0 Å². The molecule has 6 nitrogen and oxygen atoms in total. The Labute approximate surface area is 118 Å². The highest BCUT2D eigenvalue weighted by Gasteiger charge is 2.33. The van der Waals surface area contributed by atoms with Crippen LogP contribution in [0.4, 0.5) is 0 Å². The van der Waals surface area contributed by atoms with Gasteiger partial charge in [-0.3, -0.25) is 0 Å². The maximum Gasteiger partial charge on any atom is 0.282 e. The van der Waals surface area contributed by atoms with Gasteiger partial charge in [-0.05, 0) is 13.8 Å². The molecular weight excluding hydrogens is 286 g/mol. The van der Waals surface area contributed by atoms with Crippen LogP contribution >= 0.6 is 11.3 Å². The van der Waals surface area contributed by atoms with Gasteiger partial charge in [0.15, 0.2) is 0 Å². The predicted molar refractivity (Wildman–Crippen MR) is 74.1 cm³/mol. The average Bonchev–Trinajstić information content (AvgIpc) is 2.80. The number of aromatic nitrogens is 1. The molecule has 19 heavy (non-hydrogen) atoms. The number of nitrogens with zero attached hydrogens (tertiary/aromatic N) is 3. The summed E-state index contributed by atoms with van der Waals surface area (Å²) in [6, 6.07) is 0. The molecule has 1 aliphatic rings. The second-order valence-electron chi connectivity index (χ2n) is 4.82. The second kappa shape index (κ2) is 5.84. The highest BCUT2D eigenvalue weighted by molar-refractivity contribution is 7.86. The summed E-state index contributed by atoms with van der Waals surface area (Å²) >= 11 is 1.46. The Hall–Kier alpha value is -0.540. The minimum atomic E-state index is -3.45. The number of thiazole rings is 1. The molecule has 2 heterocycles. The van der Waals surface area contributed by atoms with E-state index in [0.717, 1.165) is 5.69 Å². The Balaban J connectivity index is 2.08. The molecule has 0 aromatic carbocycles. The zero-order valence-corrected chi connectivity index (χ0v) is 12.9. The molecule has 1 fully saturated rings. The molecular formula is C11H19N3O3S2. The highest BCUT2D eigenvalue weighted by atomic mass is 32.2. The van der Waals surface area contributed by atoms with Gasteiger partial charge in [-0.2, -0.15) is 17.0 Å². The average molecular weight is 305 g/mol. The van der Waals surface area contributed by atoms with Crippen LogP contribution in [-0.4, -0.2) is 54.4 Å². The Kier molecular flexibility index (Phi) is 4.57. The van der Waals surface area contributed by atoms with Gasteiger partial charge >= 0.3 is 0 Å². The topological polar surface area (TPSA) is 62.7 Å². The van der Waals surface area contributed by atoms with Gasteiger partial charge in [0.2, 0.25) is 0 Å². The van der Waals surface area contributed by atoms with E-state index in [1.807, 2.05) is 19.2 Å². The summed E-state index contributed by atoms with van der Waals surface area (Å²) < 4.78 is 33.3. The van der Waals surface area contributed by atoms with Gasteiger partial charge < -0.3 is 4.74 Å². The normalized spacial score (nSPS) is 25.9. The van der Waals surface area contributed by atoms with Crippen LogP contribution < -0.4 is 0 Å². The van der Waals surface area contributed by atoms with E-state index in [1.54, 1.807) is 12.6 Å². The van der Waals surface area contributed by atoms with Crippen molar-refractivity contribution in [3.05, 3.63) is 16.6 Å². The molecule has 0 radical (unpaired) electrons. The van der Waals surface area contributed by atoms with Crippen molar-refractivity contribution in [2.24, 2.45) is 0 Å². The van der Waals surface area contributed by atoms with Gasteiger partial charge in [-0.15, -0.1) is 11.3 Å². The lowest BCUT2D eigenvalue weighted by atomic mass is 10.3. The molecule has 2 atom stereocenters. The Morgan fingerprint density at radius 2 is 2.11 bits per heavy atom. The zero-order valence-electron chi connectivity index (χ0n) is 11.3. The largest absolute Gasteiger partial charge is 0.373 e. The van der Waals surface area contributed by atoms with Crippen LogP contribution in [0.2, 0.25) is 0 Å². The first-order valence-corrected chi connectivity index (χ1v) is 8.47. The third kappa shape index (κ3) is 3.51. The second-order valence-corrected chi connectivity index (χ2v) is 7.57. The lowest BCUT2D eigenvalue weighted by molar-refractivity contribution is -0.0453. The van der Waals surface area contributed by atoms with E-state index in [0.29, 0.717) is 19.6 Å². The lowest BCUT2D eigenvalue weighted by Gasteiger charge is -2.36. The SMILES string of the molecule is CC1CN(S(=O)(=O)N(C)Cc2cscn2)CC(C)O1. The van der Waals surface area contributed by atoms with Crippen molar-refractivity contribution < 1.29 is 13.2 Å². The first-order valence-electron chi connectivity index (χ1n) is 6.13. The van der Waals surface area contributed by atoms with Crippen LogP contribution in [0.25, 0.3) is 0 Å². The Morgan fingerprint density at radius 1 is 1.47 bits per heavy atom. The minimum absolute atomic E-state index is 0.0776. The fraction of sp³-hybridized carbons (Fsp3) is 0.727. The number of ether oxygens (including phenoxy) is 1. The molecule has 1 saturated heterocycles. The van der Waals surface area contributed by atoms with Crippen molar-refractivity contribution >= 4 is 21.5 Å². The number of hydrogen-bond acceptors (Lipinski definition) is 5. The summed E-state index contributed by atoms with van der Waals surface area (Å²) in [6.45, 7) is 4.87. The molecule has 0 saturated carbocycles. The number of hydrogen-bond donors (Lipinski definition) is 0. The molecule has 8 heteroatoms. The van der Waals surface area contributed by atoms with Crippen LogP contribution in [0.3, 0.4) is 0 Å². The number of rotatable bonds is 4. The third-order valence-corrected chi connectivity index (χ3v) is 5.48. The van der Waals surface area contributed by atoms with Gasteiger partial charge in [-0.1, -0.05) is 0 Å². The van der Waals surface area contributed by atoms with Crippen molar-refractivity contribution in [3.8, 4) is 0 Å². The van der Waals surface area contributed by atoms with Crippen molar-refractivity contribution in [1.82, 2.24) is 13.6 Å². The van der Waals surface area contributed by atoms with Crippen LogP contribution in [0.15, 0.2) is 10.9 Å². The maximum absolute atomic E-state index is 12.5. The Morgan fingerprint density at radius 3 is 2.63 bits per heavy atom. The van der Waals surface area contributed by atoms with E-state index in [4.69, 9.17) is 4.74 Å². The van der Waals surface area contributed by atoms with Gasteiger partial charge in [0, 0.05) is 25.5 Å². The van der Waals surface area contributed by atoms with Crippen molar-refractivity contribution in [3.63, 3.8) is 0 Å². The molecule has 0 N–H and O–H groups in total. The fourth-order valence-corrected chi connectivity index (χ4v) is 4.18. The van der Waals surface area contributed by atoms with Crippen molar-refractivity contribution in [1.29, 1.82) is 0 Å². The molecule has 1 aliphatic heterocycles. The Bertz CT molecular complexity index is 493. The smallest absolute Gasteiger partial charge is 0.282 e. The van der Waals surface area contributed by atoms with E-state index in [9.17, 15) is 8.42 Å². The molecule has 2 unspecified atom stereocenters. The van der Waals surface area contributed by atoms with Gasteiger partial charge in [-0.25, -0.2) is 4.98 Å². The molecule has 0 amide bonds.